The lowest BCUT2D eigenvalue weighted by molar-refractivity contribution is -0.131. The second-order valence-electron chi connectivity index (χ2n) is 7.43. The Kier molecular flexibility index (Phi) is 6.14. The Bertz CT molecular complexity index is 804. The van der Waals surface area contributed by atoms with Crippen molar-refractivity contribution in [2.24, 2.45) is 5.92 Å². The summed E-state index contributed by atoms with van der Waals surface area (Å²) in [4.78, 5) is 31.8. The van der Waals surface area contributed by atoms with E-state index >= 15 is 0 Å². The van der Waals surface area contributed by atoms with Gasteiger partial charge in [-0.3, -0.25) is 9.59 Å². The number of nitrogens with zero attached hydrogens (tertiary/aromatic N) is 3. The first-order valence-corrected chi connectivity index (χ1v) is 10.1. The molecule has 1 aliphatic rings. The van der Waals surface area contributed by atoms with Gasteiger partial charge in [-0.05, 0) is 44.7 Å². The zero-order valence-electron chi connectivity index (χ0n) is 16.6. The van der Waals surface area contributed by atoms with Crippen LogP contribution >= 0.6 is 0 Å². The van der Waals surface area contributed by atoms with Gasteiger partial charge in [-0.2, -0.15) is 0 Å². The topological polar surface area (TPSA) is 67.2 Å². The van der Waals surface area contributed by atoms with E-state index in [0.717, 1.165) is 55.6 Å². The summed E-state index contributed by atoms with van der Waals surface area (Å²) in [5, 5.41) is 3.07. The molecule has 3 rings (SSSR count). The summed E-state index contributed by atoms with van der Waals surface area (Å²) >= 11 is 0. The molecule has 0 spiro atoms. The molecule has 1 aromatic carbocycles. The van der Waals surface area contributed by atoms with Crippen LogP contribution in [0.15, 0.2) is 24.3 Å². The third-order valence-electron chi connectivity index (χ3n) is 5.01. The lowest BCUT2D eigenvalue weighted by Gasteiger charge is -2.23. The first kappa shape index (κ1) is 19.4. The standard InChI is InChI=1S/C21H30N4O2/c1-4-12-24(13-5-2)19(26)14-25-18-9-7-6-8-17(18)23-20(25)15(3)22-21(27)16-10-11-16/h6-9,15-16H,4-5,10-14H2,1-3H3,(H,22,27). The number of imidazole rings is 1. The quantitative estimate of drug-likeness (QED) is 0.737. The number of hydrogen-bond acceptors (Lipinski definition) is 3. The van der Waals surface area contributed by atoms with Crippen molar-refractivity contribution in [3.05, 3.63) is 30.1 Å². The molecule has 1 aromatic heterocycles. The number of para-hydroxylation sites is 2. The molecule has 0 aliphatic heterocycles. The number of carbonyl (C=O) groups excluding carboxylic acids is 2. The molecule has 2 aromatic rings. The van der Waals surface area contributed by atoms with E-state index < -0.39 is 0 Å². The van der Waals surface area contributed by atoms with Crippen LogP contribution in [0.25, 0.3) is 11.0 Å². The molecule has 0 bridgehead atoms. The van der Waals surface area contributed by atoms with Crippen LogP contribution in [0.5, 0.6) is 0 Å². The van der Waals surface area contributed by atoms with Gasteiger partial charge in [0.25, 0.3) is 0 Å². The Labute approximate surface area is 160 Å². The van der Waals surface area contributed by atoms with Crippen LogP contribution in [0.1, 0.15) is 58.3 Å². The molecule has 1 atom stereocenters. The number of rotatable bonds is 9. The number of nitrogens with one attached hydrogen (secondary N) is 1. The number of fused-ring (bicyclic) bond motifs is 1. The maximum absolute atomic E-state index is 12.9. The molecule has 1 heterocycles. The second-order valence-corrected chi connectivity index (χ2v) is 7.43. The number of amides is 2. The maximum atomic E-state index is 12.9. The van der Waals surface area contributed by atoms with Crippen molar-refractivity contribution in [1.82, 2.24) is 19.8 Å². The summed E-state index contributed by atoms with van der Waals surface area (Å²) in [6.07, 6.45) is 3.82. The van der Waals surface area contributed by atoms with Crippen LogP contribution < -0.4 is 5.32 Å². The van der Waals surface area contributed by atoms with Crippen molar-refractivity contribution in [3.8, 4) is 0 Å². The molecule has 0 radical (unpaired) electrons. The van der Waals surface area contributed by atoms with Gasteiger partial charge in [0.1, 0.15) is 12.4 Å². The third kappa shape index (κ3) is 4.49. The van der Waals surface area contributed by atoms with Gasteiger partial charge in [-0.1, -0.05) is 26.0 Å². The van der Waals surface area contributed by atoms with Gasteiger partial charge in [0, 0.05) is 19.0 Å². The molecule has 146 valence electrons. The van der Waals surface area contributed by atoms with E-state index in [9.17, 15) is 9.59 Å². The summed E-state index contributed by atoms with van der Waals surface area (Å²) in [6.45, 7) is 7.90. The number of hydrogen-bond donors (Lipinski definition) is 1. The van der Waals surface area contributed by atoms with Crippen molar-refractivity contribution in [2.45, 2.75) is 59.0 Å². The lowest BCUT2D eigenvalue weighted by Crippen LogP contribution is -2.36. The van der Waals surface area contributed by atoms with Gasteiger partial charge < -0.3 is 14.8 Å². The van der Waals surface area contributed by atoms with E-state index in [1.165, 1.54) is 0 Å². The van der Waals surface area contributed by atoms with Gasteiger partial charge >= 0.3 is 0 Å². The highest BCUT2D eigenvalue weighted by atomic mass is 16.2. The van der Waals surface area contributed by atoms with Gasteiger partial charge in [-0.15, -0.1) is 0 Å². The van der Waals surface area contributed by atoms with Crippen LogP contribution in [-0.2, 0) is 16.1 Å². The molecule has 1 N–H and O–H groups in total. The van der Waals surface area contributed by atoms with E-state index in [0.29, 0.717) is 0 Å². The molecule has 2 amide bonds. The molecule has 1 fully saturated rings. The molecular weight excluding hydrogens is 340 g/mol. The zero-order chi connectivity index (χ0) is 19.4. The average Bonchev–Trinajstić information content (AvgIpc) is 3.44. The second kappa shape index (κ2) is 8.55. The van der Waals surface area contributed by atoms with Crippen LogP contribution in [0.2, 0.25) is 0 Å². The fourth-order valence-corrected chi connectivity index (χ4v) is 3.47. The number of carbonyl (C=O) groups is 2. The van der Waals surface area contributed by atoms with Crippen molar-refractivity contribution >= 4 is 22.8 Å². The van der Waals surface area contributed by atoms with Crippen molar-refractivity contribution in [2.75, 3.05) is 13.1 Å². The predicted molar refractivity (Wildman–Crippen MR) is 106 cm³/mol. The molecule has 0 saturated heterocycles. The summed E-state index contributed by atoms with van der Waals surface area (Å²) in [6, 6.07) is 7.60. The van der Waals surface area contributed by atoms with E-state index in [4.69, 9.17) is 4.98 Å². The van der Waals surface area contributed by atoms with Crippen molar-refractivity contribution in [3.63, 3.8) is 0 Å². The van der Waals surface area contributed by atoms with Crippen molar-refractivity contribution < 1.29 is 9.59 Å². The summed E-state index contributed by atoms with van der Waals surface area (Å²) in [5.41, 5.74) is 1.78. The summed E-state index contributed by atoms with van der Waals surface area (Å²) < 4.78 is 1.97. The minimum absolute atomic E-state index is 0.0889. The number of benzene rings is 1. The molecule has 27 heavy (non-hydrogen) atoms. The molecule has 1 saturated carbocycles. The van der Waals surface area contributed by atoms with Crippen LogP contribution in [0, 0.1) is 5.92 Å². The molecule has 1 unspecified atom stereocenters. The van der Waals surface area contributed by atoms with Gasteiger partial charge in [-0.25, -0.2) is 4.98 Å². The van der Waals surface area contributed by atoms with E-state index in [2.05, 4.69) is 19.2 Å². The predicted octanol–water partition coefficient (Wildman–Crippen LogP) is 3.27. The monoisotopic (exact) mass is 370 g/mol. The van der Waals surface area contributed by atoms with E-state index in [1.54, 1.807) is 0 Å². The highest BCUT2D eigenvalue weighted by Gasteiger charge is 2.31. The molecular formula is C21H30N4O2. The van der Waals surface area contributed by atoms with Crippen LogP contribution in [0.3, 0.4) is 0 Å². The maximum Gasteiger partial charge on any atom is 0.242 e. The Balaban J connectivity index is 1.87. The fourth-order valence-electron chi connectivity index (χ4n) is 3.47. The lowest BCUT2D eigenvalue weighted by atomic mass is 10.2. The molecule has 1 aliphatic carbocycles. The Morgan fingerprint density at radius 3 is 2.52 bits per heavy atom. The Hall–Kier alpha value is -2.37. The van der Waals surface area contributed by atoms with Gasteiger partial charge in [0.05, 0.1) is 17.1 Å². The van der Waals surface area contributed by atoms with Gasteiger partial charge in [0.2, 0.25) is 11.8 Å². The van der Waals surface area contributed by atoms with Crippen LogP contribution in [0.4, 0.5) is 0 Å². The van der Waals surface area contributed by atoms with E-state index in [1.807, 2.05) is 40.7 Å². The first-order valence-electron chi connectivity index (χ1n) is 10.1. The highest BCUT2D eigenvalue weighted by Crippen LogP contribution is 2.30. The van der Waals surface area contributed by atoms with E-state index in [-0.39, 0.29) is 30.3 Å². The Morgan fingerprint density at radius 1 is 1.22 bits per heavy atom. The highest BCUT2D eigenvalue weighted by molar-refractivity contribution is 5.83. The summed E-state index contributed by atoms with van der Waals surface area (Å²) in [7, 11) is 0. The van der Waals surface area contributed by atoms with Gasteiger partial charge in [0.15, 0.2) is 0 Å². The smallest absolute Gasteiger partial charge is 0.242 e. The normalized spacial score (nSPS) is 14.9. The largest absolute Gasteiger partial charge is 0.346 e. The summed E-state index contributed by atoms with van der Waals surface area (Å²) in [5.74, 6) is 1.08. The van der Waals surface area contributed by atoms with Crippen LogP contribution in [-0.4, -0.2) is 39.4 Å². The zero-order valence-corrected chi connectivity index (χ0v) is 16.6. The first-order chi connectivity index (χ1) is 13.0. The minimum atomic E-state index is -0.232. The molecule has 6 heteroatoms. The average molecular weight is 370 g/mol. The Morgan fingerprint density at radius 2 is 1.89 bits per heavy atom. The SMILES string of the molecule is CCCN(CCC)C(=O)Cn1c(C(C)NC(=O)C2CC2)nc2ccccc21. The number of aromatic nitrogens is 2. The molecule has 6 nitrogen and oxygen atoms in total. The van der Waals surface area contributed by atoms with Crippen molar-refractivity contribution in [1.29, 1.82) is 0 Å². The fraction of sp³-hybridized carbons (Fsp3) is 0.571. The third-order valence-corrected chi connectivity index (χ3v) is 5.01. The minimum Gasteiger partial charge on any atom is -0.346 e.